The molecule has 3 unspecified atom stereocenters. The Bertz CT molecular complexity index is 167. The second-order valence-electron chi connectivity index (χ2n) is 4.57. The van der Waals surface area contributed by atoms with Crippen LogP contribution in [0.1, 0.15) is 33.1 Å². The number of allylic oxidation sites excluding steroid dienone is 2. The van der Waals surface area contributed by atoms with E-state index in [1.54, 1.807) is 0 Å². The van der Waals surface area contributed by atoms with Crippen molar-refractivity contribution in [2.75, 3.05) is 0 Å². The Balaban J connectivity index is 2.10. The van der Waals surface area contributed by atoms with Gasteiger partial charge < -0.3 is 0 Å². The summed E-state index contributed by atoms with van der Waals surface area (Å²) in [7, 11) is 0. The third kappa shape index (κ3) is 1.23. The number of hydrogen-bond acceptors (Lipinski definition) is 0. The van der Waals surface area contributed by atoms with Crippen molar-refractivity contribution in [3.8, 4) is 0 Å². The van der Waals surface area contributed by atoms with Gasteiger partial charge in [0.15, 0.2) is 0 Å². The topological polar surface area (TPSA) is 0 Å². The van der Waals surface area contributed by atoms with E-state index in [0.717, 1.165) is 23.7 Å². The van der Waals surface area contributed by atoms with E-state index in [9.17, 15) is 0 Å². The Labute approximate surface area is 69.7 Å². The molecule has 0 aliphatic heterocycles. The molecule has 0 aromatic rings. The lowest BCUT2D eigenvalue weighted by atomic mass is 9.86. The Kier molecular flexibility index (Phi) is 1.78. The molecule has 1 saturated carbocycles. The maximum atomic E-state index is 2.47. The van der Waals surface area contributed by atoms with Crippen LogP contribution in [0.25, 0.3) is 0 Å². The highest BCUT2D eigenvalue weighted by atomic mass is 14.4. The third-order valence-corrected chi connectivity index (χ3v) is 3.47. The van der Waals surface area contributed by atoms with Gasteiger partial charge >= 0.3 is 0 Å². The molecule has 2 rings (SSSR count). The Morgan fingerprint density at radius 2 is 2.09 bits per heavy atom. The summed E-state index contributed by atoms with van der Waals surface area (Å²) in [6.45, 7) is 4.75. The van der Waals surface area contributed by atoms with E-state index < -0.39 is 0 Å². The van der Waals surface area contributed by atoms with Gasteiger partial charge in [-0.15, -0.1) is 0 Å². The molecule has 0 radical (unpaired) electrons. The Morgan fingerprint density at radius 3 is 2.73 bits per heavy atom. The molecule has 0 aromatic carbocycles. The largest absolute Gasteiger partial charge is 0.0880 e. The average Bonchev–Trinajstić information content (AvgIpc) is 2.27. The zero-order chi connectivity index (χ0) is 7.84. The lowest BCUT2D eigenvalue weighted by Gasteiger charge is -2.19. The van der Waals surface area contributed by atoms with Crippen molar-refractivity contribution >= 4 is 0 Å². The molecule has 0 heterocycles. The fraction of sp³-hybridized carbons (Fsp3) is 0.818. The molecule has 3 atom stereocenters. The van der Waals surface area contributed by atoms with Gasteiger partial charge in [-0.1, -0.05) is 26.0 Å². The molecule has 0 saturated heterocycles. The lowest BCUT2D eigenvalue weighted by molar-refractivity contribution is 0.338. The maximum Gasteiger partial charge on any atom is -0.0200 e. The molecule has 0 aromatic heterocycles. The molecule has 0 nitrogen and oxygen atoms in total. The van der Waals surface area contributed by atoms with Crippen LogP contribution in [0.3, 0.4) is 0 Å². The first kappa shape index (κ1) is 7.39. The molecule has 0 amide bonds. The lowest BCUT2D eigenvalue weighted by Crippen LogP contribution is -2.11. The van der Waals surface area contributed by atoms with Crippen molar-refractivity contribution in [3.05, 3.63) is 12.2 Å². The summed E-state index contributed by atoms with van der Waals surface area (Å²) in [6, 6.07) is 0. The highest BCUT2D eigenvalue weighted by Gasteiger charge is 2.35. The molecule has 0 N–H and O–H groups in total. The van der Waals surface area contributed by atoms with E-state index in [2.05, 4.69) is 26.0 Å². The third-order valence-electron chi connectivity index (χ3n) is 3.47. The molecule has 2 aliphatic carbocycles. The van der Waals surface area contributed by atoms with E-state index >= 15 is 0 Å². The van der Waals surface area contributed by atoms with Crippen molar-refractivity contribution in [2.45, 2.75) is 33.1 Å². The summed E-state index contributed by atoms with van der Waals surface area (Å²) >= 11 is 0. The van der Waals surface area contributed by atoms with Gasteiger partial charge in [-0.05, 0) is 42.9 Å². The van der Waals surface area contributed by atoms with Crippen LogP contribution in [0.4, 0.5) is 0 Å². The van der Waals surface area contributed by atoms with Crippen molar-refractivity contribution in [1.82, 2.24) is 0 Å². The second-order valence-corrected chi connectivity index (χ2v) is 4.57. The number of hydrogen-bond donors (Lipinski definition) is 0. The van der Waals surface area contributed by atoms with Gasteiger partial charge in [-0.25, -0.2) is 0 Å². The second kappa shape index (κ2) is 2.66. The zero-order valence-corrected chi connectivity index (χ0v) is 7.59. The first-order valence-corrected chi connectivity index (χ1v) is 4.94. The maximum absolute atomic E-state index is 2.47. The van der Waals surface area contributed by atoms with Gasteiger partial charge in [0, 0.05) is 0 Å². The summed E-state index contributed by atoms with van der Waals surface area (Å²) in [5, 5.41) is 0. The summed E-state index contributed by atoms with van der Waals surface area (Å²) in [5.41, 5.74) is 0. The van der Waals surface area contributed by atoms with E-state index in [0.29, 0.717) is 0 Å². The van der Waals surface area contributed by atoms with Crippen LogP contribution in [0.15, 0.2) is 12.2 Å². The molecule has 1 fully saturated rings. The Morgan fingerprint density at radius 1 is 1.27 bits per heavy atom. The van der Waals surface area contributed by atoms with Gasteiger partial charge in [-0.3, -0.25) is 0 Å². The first-order chi connectivity index (χ1) is 5.27. The highest BCUT2D eigenvalue weighted by Crippen LogP contribution is 2.45. The van der Waals surface area contributed by atoms with Gasteiger partial charge in [0.05, 0.1) is 0 Å². The molecule has 0 spiro atoms. The van der Waals surface area contributed by atoms with Crippen LogP contribution in [-0.4, -0.2) is 0 Å². The number of rotatable bonds is 1. The van der Waals surface area contributed by atoms with Crippen LogP contribution in [-0.2, 0) is 0 Å². The summed E-state index contributed by atoms with van der Waals surface area (Å²) in [5.74, 6) is 3.87. The van der Waals surface area contributed by atoms with Gasteiger partial charge in [-0.2, -0.15) is 0 Å². The van der Waals surface area contributed by atoms with Crippen LogP contribution in [0.2, 0.25) is 0 Å². The zero-order valence-electron chi connectivity index (χ0n) is 7.59. The SMILES string of the molecule is CC(C)C1CC2CC=CC1C2. The molecule has 2 bridgehead atoms. The molecule has 0 heteroatoms. The standard InChI is InChI=1S/C11H18/c1-8(2)11-7-9-4-3-5-10(11)6-9/h3,5,8-11H,4,6-7H2,1-2H3. The van der Waals surface area contributed by atoms with E-state index in [-0.39, 0.29) is 0 Å². The van der Waals surface area contributed by atoms with Crippen LogP contribution in [0.5, 0.6) is 0 Å². The average molecular weight is 150 g/mol. The molecular weight excluding hydrogens is 132 g/mol. The van der Waals surface area contributed by atoms with Crippen LogP contribution in [0, 0.1) is 23.7 Å². The summed E-state index contributed by atoms with van der Waals surface area (Å²) < 4.78 is 0. The van der Waals surface area contributed by atoms with Gasteiger partial charge in [0.1, 0.15) is 0 Å². The fourth-order valence-electron chi connectivity index (χ4n) is 2.84. The minimum absolute atomic E-state index is 0.896. The van der Waals surface area contributed by atoms with Crippen molar-refractivity contribution < 1.29 is 0 Å². The summed E-state index contributed by atoms with van der Waals surface area (Å²) in [6.07, 6.45) is 9.21. The van der Waals surface area contributed by atoms with Crippen LogP contribution >= 0.6 is 0 Å². The normalized spacial score (nSPS) is 41.9. The molecule has 62 valence electrons. The smallest absolute Gasteiger partial charge is 0.0200 e. The van der Waals surface area contributed by atoms with E-state index in [4.69, 9.17) is 0 Å². The highest BCUT2D eigenvalue weighted by molar-refractivity contribution is 5.04. The predicted octanol–water partition coefficient (Wildman–Crippen LogP) is 3.24. The van der Waals surface area contributed by atoms with E-state index in [1.165, 1.54) is 19.3 Å². The first-order valence-electron chi connectivity index (χ1n) is 4.94. The summed E-state index contributed by atoms with van der Waals surface area (Å²) in [4.78, 5) is 0. The van der Waals surface area contributed by atoms with Crippen LogP contribution < -0.4 is 0 Å². The Hall–Kier alpha value is -0.260. The molecule has 2 aliphatic rings. The quantitative estimate of drug-likeness (QED) is 0.503. The van der Waals surface area contributed by atoms with Gasteiger partial charge in [0.2, 0.25) is 0 Å². The minimum Gasteiger partial charge on any atom is -0.0880 e. The minimum atomic E-state index is 0.896. The van der Waals surface area contributed by atoms with Crippen molar-refractivity contribution in [3.63, 3.8) is 0 Å². The fourth-order valence-corrected chi connectivity index (χ4v) is 2.84. The number of fused-ring (bicyclic) bond motifs is 2. The monoisotopic (exact) mass is 150 g/mol. The molecule has 11 heavy (non-hydrogen) atoms. The van der Waals surface area contributed by atoms with E-state index in [1.807, 2.05) is 0 Å². The predicted molar refractivity (Wildman–Crippen MR) is 48.3 cm³/mol. The van der Waals surface area contributed by atoms with Crippen molar-refractivity contribution in [2.24, 2.45) is 23.7 Å². The van der Waals surface area contributed by atoms with Crippen molar-refractivity contribution in [1.29, 1.82) is 0 Å². The molecular formula is C11H18. The van der Waals surface area contributed by atoms with Gasteiger partial charge in [0.25, 0.3) is 0 Å².